The average molecular weight is 379 g/mol. The van der Waals surface area contributed by atoms with Crippen LogP contribution in [-0.2, 0) is 6.42 Å². The van der Waals surface area contributed by atoms with Crippen LogP contribution in [0.3, 0.4) is 0 Å². The SMILES string of the molecule is CCc1nc2cc(Cl)ccn2c1C(=O)Nc1cccc(Br)c1. The number of benzene rings is 1. The number of nitrogens with one attached hydrogen (secondary N) is 1. The van der Waals surface area contributed by atoms with E-state index in [4.69, 9.17) is 11.6 Å². The first-order valence-corrected chi connectivity index (χ1v) is 7.99. The first-order valence-electron chi connectivity index (χ1n) is 6.82. The van der Waals surface area contributed by atoms with Crippen LogP contribution in [0.4, 0.5) is 5.69 Å². The number of anilines is 1. The topological polar surface area (TPSA) is 46.4 Å². The largest absolute Gasteiger partial charge is 0.321 e. The summed E-state index contributed by atoms with van der Waals surface area (Å²) in [7, 11) is 0. The number of nitrogens with zero attached hydrogens (tertiary/aromatic N) is 2. The van der Waals surface area contributed by atoms with Crippen molar-refractivity contribution >= 4 is 44.8 Å². The van der Waals surface area contributed by atoms with E-state index in [-0.39, 0.29) is 5.91 Å². The second kappa shape index (κ2) is 6.10. The fraction of sp³-hybridized carbons (Fsp3) is 0.125. The first kappa shape index (κ1) is 15.1. The van der Waals surface area contributed by atoms with Gasteiger partial charge in [0.25, 0.3) is 5.91 Å². The highest BCUT2D eigenvalue weighted by Gasteiger charge is 2.18. The normalized spacial score (nSPS) is 10.9. The second-order valence-corrected chi connectivity index (χ2v) is 6.15. The summed E-state index contributed by atoms with van der Waals surface area (Å²) >= 11 is 9.38. The Morgan fingerprint density at radius 2 is 2.18 bits per heavy atom. The van der Waals surface area contributed by atoms with Gasteiger partial charge in [0.2, 0.25) is 0 Å². The molecule has 2 aromatic heterocycles. The molecule has 1 amide bonds. The maximum Gasteiger partial charge on any atom is 0.274 e. The highest BCUT2D eigenvalue weighted by atomic mass is 79.9. The Kier molecular flexibility index (Phi) is 4.18. The minimum Gasteiger partial charge on any atom is -0.321 e. The Bertz CT molecular complexity index is 860. The van der Waals surface area contributed by atoms with Crippen molar-refractivity contribution in [2.24, 2.45) is 0 Å². The highest BCUT2D eigenvalue weighted by molar-refractivity contribution is 9.10. The third kappa shape index (κ3) is 2.87. The molecule has 0 unspecified atom stereocenters. The van der Waals surface area contributed by atoms with Crippen LogP contribution in [0.5, 0.6) is 0 Å². The van der Waals surface area contributed by atoms with Crippen LogP contribution in [0.1, 0.15) is 23.1 Å². The summed E-state index contributed by atoms with van der Waals surface area (Å²) in [6, 6.07) is 11.0. The molecule has 0 atom stereocenters. The first-order chi connectivity index (χ1) is 10.6. The number of rotatable bonds is 3. The number of aromatic nitrogens is 2. The molecular formula is C16H13BrClN3O. The van der Waals surface area contributed by atoms with E-state index in [2.05, 4.69) is 26.2 Å². The summed E-state index contributed by atoms with van der Waals surface area (Å²) in [5, 5.41) is 3.50. The van der Waals surface area contributed by atoms with E-state index in [1.807, 2.05) is 31.2 Å². The lowest BCUT2D eigenvalue weighted by atomic mass is 10.2. The Labute approximate surface area is 141 Å². The van der Waals surface area contributed by atoms with Crippen LogP contribution in [-0.4, -0.2) is 15.3 Å². The molecule has 0 aliphatic carbocycles. The van der Waals surface area contributed by atoms with Gasteiger partial charge in [-0.2, -0.15) is 0 Å². The molecule has 3 rings (SSSR count). The van der Waals surface area contributed by atoms with Crippen LogP contribution in [0, 0.1) is 0 Å². The van der Waals surface area contributed by atoms with Gasteiger partial charge >= 0.3 is 0 Å². The molecule has 0 aliphatic rings. The Morgan fingerprint density at radius 3 is 2.91 bits per heavy atom. The third-order valence-electron chi connectivity index (χ3n) is 3.29. The lowest BCUT2D eigenvalue weighted by molar-refractivity contribution is 0.102. The zero-order valence-corrected chi connectivity index (χ0v) is 14.1. The van der Waals surface area contributed by atoms with Crippen molar-refractivity contribution in [2.45, 2.75) is 13.3 Å². The van der Waals surface area contributed by atoms with Gasteiger partial charge in [0.05, 0.1) is 5.69 Å². The standard InChI is InChI=1S/C16H13BrClN3O/c1-2-13-15(21-7-6-11(18)9-14(21)20-13)16(22)19-12-5-3-4-10(17)8-12/h3-9H,2H2,1H3,(H,19,22). The third-order valence-corrected chi connectivity index (χ3v) is 4.02. The van der Waals surface area contributed by atoms with Gasteiger partial charge in [-0.25, -0.2) is 4.98 Å². The smallest absolute Gasteiger partial charge is 0.274 e. The lowest BCUT2D eigenvalue weighted by Gasteiger charge is -2.07. The summed E-state index contributed by atoms with van der Waals surface area (Å²) in [4.78, 5) is 17.1. The summed E-state index contributed by atoms with van der Waals surface area (Å²) in [6.45, 7) is 1.97. The zero-order valence-electron chi connectivity index (χ0n) is 11.8. The lowest BCUT2D eigenvalue weighted by Crippen LogP contribution is -2.16. The van der Waals surface area contributed by atoms with E-state index in [0.29, 0.717) is 22.8 Å². The maximum atomic E-state index is 12.6. The molecule has 112 valence electrons. The summed E-state index contributed by atoms with van der Waals surface area (Å²) in [5.74, 6) is -0.190. The molecule has 2 heterocycles. The van der Waals surface area contributed by atoms with E-state index >= 15 is 0 Å². The monoisotopic (exact) mass is 377 g/mol. The van der Waals surface area contributed by atoms with Crippen molar-refractivity contribution in [1.82, 2.24) is 9.38 Å². The van der Waals surface area contributed by atoms with Crippen molar-refractivity contribution in [1.29, 1.82) is 0 Å². The number of aryl methyl sites for hydroxylation is 1. The fourth-order valence-electron chi connectivity index (χ4n) is 2.31. The molecule has 0 saturated carbocycles. The van der Waals surface area contributed by atoms with Crippen LogP contribution < -0.4 is 5.32 Å². The van der Waals surface area contributed by atoms with Gasteiger partial charge in [-0.05, 0) is 30.7 Å². The minimum atomic E-state index is -0.190. The molecule has 1 aromatic carbocycles. The molecular weight excluding hydrogens is 366 g/mol. The van der Waals surface area contributed by atoms with E-state index in [1.165, 1.54) is 0 Å². The molecule has 0 aliphatic heterocycles. The number of hydrogen-bond donors (Lipinski definition) is 1. The number of hydrogen-bond acceptors (Lipinski definition) is 2. The summed E-state index contributed by atoms with van der Waals surface area (Å²) in [5.41, 5.74) is 2.68. The number of carbonyl (C=O) groups excluding carboxylic acids is 1. The van der Waals surface area contributed by atoms with Gasteiger partial charge in [0.1, 0.15) is 11.3 Å². The Morgan fingerprint density at radius 1 is 1.36 bits per heavy atom. The van der Waals surface area contributed by atoms with Crippen molar-refractivity contribution in [3.05, 3.63) is 63.5 Å². The summed E-state index contributed by atoms with van der Waals surface area (Å²) < 4.78 is 2.67. The number of amides is 1. The predicted octanol–water partition coefficient (Wildman–Crippen LogP) is 4.56. The van der Waals surface area contributed by atoms with E-state index < -0.39 is 0 Å². The van der Waals surface area contributed by atoms with Crippen LogP contribution in [0.2, 0.25) is 5.02 Å². The van der Waals surface area contributed by atoms with Crippen LogP contribution in [0.15, 0.2) is 47.1 Å². The quantitative estimate of drug-likeness (QED) is 0.726. The fourth-order valence-corrected chi connectivity index (χ4v) is 2.87. The maximum absolute atomic E-state index is 12.6. The Hall–Kier alpha value is -1.85. The molecule has 4 nitrogen and oxygen atoms in total. The molecule has 0 spiro atoms. The second-order valence-electron chi connectivity index (χ2n) is 4.80. The van der Waals surface area contributed by atoms with Crippen molar-refractivity contribution in [3.8, 4) is 0 Å². The van der Waals surface area contributed by atoms with E-state index in [1.54, 1.807) is 22.7 Å². The average Bonchev–Trinajstić information content (AvgIpc) is 2.84. The number of halogens is 2. The van der Waals surface area contributed by atoms with Crippen molar-refractivity contribution < 1.29 is 4.79 Å². The van der Waals surface area contributed by atoms with Gasteiger partial charge in [0.15, 0.2) is 0 Å². The number of pyridine rings is 1. The molecule has 22 heavy (non-hydrogen) atoms. The molecule has 1 N–H and O–H groups in total. The molecule has 0 radical (unpaired) electrons. The van der Waals surface area contributed by atoms with Gasteiger partial charge < -0.3 is 5.32 Å². The molecule has 0 fully saturated rings. The van der Waals surface area contributed by atoms with Crippen molar-refractivity contribution in [3.63, 3.8) is 0 Å². The van der Waals surface area contributed by atoms with Gasteiger partial charge in [-0.1, -0.05) is 40.5 Å². The van der Waals surface area contributed by atoms with Crippen LogP contribution >= 0.6 is 27.5 Å². The molecule has 0 bridgehead atoms. The van der Waals surface area contributed by atoms with Crippen LogP contribution in [0.25, 0.3) is 5.65 Å². The van der Waals surface area contributed by atoms with E-state index in [9.17, 15) is 4.79 Å². The highest BCUT2D eigenvalue weighted by Crippen LogP contribution is 2.20. The summed E-state index contributed by atoms with van der Waals surface area (Å²) in [6.07, 6.45) is 2.43. The molecule has 3 aromatic rings. The molecule has 0 saturated heterocycles. The Balaban J connectivity index is 2.03. The van der Waals surface area contributed by atoms with Gasteiger partial charge in [-0.15, -0.1) is 0 Å². The predicted molar refractivity (Wildman–Crippen MR) is 91.7 cm³/mol. The number of carbonyl (C=O) groups is 1. The minimum absolute atomic E-state index is 0.190. The van der Waals surface area contributed by atoms with Gasteiger partial charge in [-0.3, -0.25) is 9.20 Å². The molecule has 6 heteroatoms. The number of imidazole rings is 1. The van der Waals surface area contributed by atoms with E-state index in [0.717, 1.165) is 15.9 Å². The van der Waals surface area contributed by atoms with Gasteiger partial charge in [0, 0.05) is 27.4 Å². The number of fused-ring (bicyclic) bond motifs is 1. The zero-order chi connectivity index (χ0) is 15.7. The van der Waals surface area contributed by atoms with Crippen molar-refractivity contribution in [2.75, 3.05) is 5.32 Å².